The number of carbonyl (C=O) groups is 1. The number of ether oxygens (including phenoxy) is 1. The number of thiophene rings is 1. The number of nitrogens with two attached hydrogens (primary N) is 1. The molecule has 9 nitrogen and oxygen atoms in total. The summed E-state index contributed by atoms with van der Waals surface area (Å²) < 4.78 is 5.77. The lowest BCUT2D eigenvalue weighted by Crippen LogP contribution is -2.42. The van der Waals surface area contributed by atoms with Crippen molar-refractivity contribution in [2.24, 2.45) is 5.73 Å². The second-order valence-electron chi connectivity index (χ2n) is 8.66. The summed E-state index contributed by atoms with van der Waals surface area (Å²) in [6.07, 6.45) is 5.20. The quantitative estimate of drug-likeness (QED) is 0.292. The molecule has 178 valence electrons. The van der Waals surface area contributed by atoms with Crippen LogP contribution in [0.4, 0.5) is 21.9 Å². The molecule has 3 atom stereocenters. The Balaban J connectivity index is 1.32. The van der Waals surface area contributed by atoms with Gasteiger partial charge in [0.2, 0.25) is 5.88 Å². The zero-order chi connectivity index (χ0) is 23.9. The van der Waals surface area contributed by atoms with Gasteiger partial charge in [-0.2, -0.15) is 0 Å². The molecule has 10 heteroatoms. The van der Waals surface area contributed by atoms with E-state index >= 15 is 0 Å². The van der Waals surface area contributed by atoms with Crippen LogP contribution in [-0.2, 0) is 0 Å². The standard InChI is InChI=1S/C25H24N6O3S/c26-16-7-4-8-17(16)29-23(32)22-21-20-18(11-12-27-24(20)35-22)31(25(33)30-21)14-9-10-19(28-13-14)34-15-5-2-1-3-6-15/h1-3,5-6,9-13,16-17,23,29,32H,4,7-8,26H2,(H,30,33)/t16-,17-,23?/m1/s1. The van der Waals surface area contributed by atoms with Crippen LogP contribution in [-0.4, -0.2) is 33.2 Å². The fourth-order valence-electron chi connectivity index (χ4n) is 4.70. The van der Waals surface area contributed by atoms with Crippen LogP contribution in [0.15, 0.2) is 60.9 Å². The number of hydrogen-bond donors (Lipinski definition) is 4. The van der Waals surface area contributed by atoms with Crippen molar-refractivity contribution < 1.29 is 14.6 Å². The number of para-hydroxylation sites is 1. The highest BCUT2D eigenvalue weighted by Gasteiger charge is 2.34. The van der Waals surface area contributed by atoms with E-state index in [1.165, 1.54) is 11.3 Å². The van der Waals surface area contributed by atoms with Crippen LogP contribution in [0.5, 0.6) is 11.6 Å². The zero-order valence-corrected chi connectivity index (χ0v) is 19.5. The lowest BCUT2D eigenvalue weighted by atomic mass is 10.1. The fourth-order valence-corrected chi connectivity index (χ4v) is 5.77. The Morgan fingerprint density at radius 3 is 2.77 bits per heavy atom. The van der Waals surface area contributed by atoms with E-state index in [-0.39, 0.29) is 18.1 Å². The van der Waals surface area contributed by atoms with E-state index in [0.717, 1.165) is 29.5 Å². The fraction of sp³-hybridized carbons (Fsp3) is 0.240. The van der Waals surface area contributed by atoms with Gasteiger partial charge in [0.05, 0.1) is 33.5 Å². The van der Waals surface area contributed by atoms with Gasteiger partial charge in [0.25, 0.3) is 0 Å². The van der Waals surface area contributed by atoms with Crippen molar-refractivity contribution in [3.63, 3.8) is 0 Å². The minimum Gasteiger partial charge on any atom is -0.439 e. The molecule has 1 aliphatic heterocycles. The van der Waals surface area contributed by atoms with Crippen molar-refractivity contribution in [3.05, 3.63) is 65.8 Å². The summed E-state index contributed by atoms with van der Waals surface area (Å²) in [5.74, 6) is 1.11. The van der Waals surface area contributed by atoms with E-state index in [1.54, 1.807) is 35.5 Å². The summed E-state index contributed by atoms with van der Waals surface area (Å²) in [6, 6.07) is 14.4. The normalized spacial score (nSPS) is 20.2. The summed E-state index contributed by atoms with van der Waals surface area (Å²) in [5, 5.41) is 18.0. The molecule has 1 aliphatic carbocycles. The SMILES string of the molecule is N[C@@H]1CCC[C@H]1NC(O)c1sc2nccc3c2c1NC(=O)N3c1ccc(Oc2ccccc2)nc1. The Labute approximate surface area is 205 Å². The van der Waals surface area contributed by atoms with E-state index in [1.807, 2.05) is 30.3 Å². The van der Waals surface area contributed by atoms with Crippen LogP contribution in [0.2, 0.25) is 0 Å². The van der Waals surface area contributed by atoms with Crippen molar-refractivity contribution in [1.29, 1.82) is 0 Å². The third-order valence-corrected chi connectivity index (χ3v) is 7.56. The summed E-state index contributed by atoms with van der Waals surface area (Å²) in [5.41, 5.74) is 8.02. The summed E-state index contributed by atoms with van der Waals surface area (Å²) in [4.78, 5) is 25.0. The maximum absolute atomic E-state index is 13.3. The number of pyridine rings is 2. The Hall–Kier alpha value is -3.57. The number of amides is 2. The van der Waals surface area contributed by atoms with Crippen molar-refractivity contribution in [3.8, 4) is 11.6 Å². The van der Waals surface area contributed by atoms with E-state index < -0.39 is 6.23 Å². The van der Waals surface area contributed by atoms with Crippen molar-refractivity contribution in [2.75, 3.05) is 10.2 Å². The summed E-state index contributed by atoms with van der Waals surface area (Å²) in [6.45, 7) is 0. The van der Waals surface area contributed by atoms with Gasteiger partial charge in [0, 0.05) is 24.3 Å². The van der Waals surface area contributed by atoms with Crippen LogP contribution in [0, 0.1) is 0 Å². The number of aliphatic hydroxyl groups excluding tert-OH is 1. The van der Waals surface area contributed by atoms with Gasteiger partial charge in [-0.1, -0.05) is 24.6 Å². The van der Waals surface area contributed by atoms with Gasteiger partial charge in [0.15, 0.2) is 0 Å². The Morgan fingerprint density at radius 2 is 2.03 bits per heavy atom. The van der Waals surface area contributed by atoms with Crippen LogP contribution < -0.4 is 26.0 Å². The van der Waals surface area contributed by atoms with E-state index in [4.69, 9.17) is 10.5 Å². The van der Waals surface area contributed by atoms with Crippen molar-refractivity contribution in [1.82, 2.24) is 15.3 Å². The average molecular weight is 489 g/mol. The summed E-state index contributed by atoms with van der Waals surface area (Å²) in [7, 11) is 0. The van der Waals surface area contributed by atoms with Crippen molar-refractivity contribution >= 4 is 44.6 Å². The monoisotopic (exact) mass is 488 g/mol. The maximum Gasteiger partial charge on any atom is 0.331 e. The van der Waals surface area contributed by atoms with Gasteiger partial charge in [-0.15, -0.1) is 11.3 Å². The second kappa shape index (κ2) is 8.90. The highest BCUT2D eigenvalue weighted by atomic mass is 32.1. The molecule has 4 heterocycles. The van der Waals surface area contributed by atoms with Gasteiger partial charge in [-0.3, -0.25) is 10.2 Å². The van der Waals surface area contributed by atoms with Crippen LogP contribution in [0.25, 0.3) is 10.2 Å². The lowest BCUT2D eigenvalue weighted by Gasteiger charge is -2.29. The van der Waals surface area contributed by atoms with Crippen LogP contribution in [0.3, 0.4) is 0 Å². The van der Waals surface area contributed by atoms with Gasteiger partial charge in [-0.25, -0.2) is 14.8 Å². The molecular formula is C25H24N6O3S. The third-order valence-electron chi connectivity index (χ3n) is 6.41. The molecule has 1 unspecified atom stereocenters. The Kier molecular flexibility index (Phi) is 5.57. The third kappa shape index (κ3) is 4.00. The number of rotatable bonds is 6. The number of aromatic nitrogens is 2. The molecule has 2 amide bonds. The number of benzene rings is 1. The number of aliphatic hydroxyl groups is 1. The van der Waals surface area contributed by atoms with Gasteiger partial charge in [0.1, 0.15) is 16.8 Å². The first-order valence-electron chi connectivity index (χ1n) is 11.5. The highest BCUT2D eigenvalue weighted by molar-refractivity contribution is 7.19. The molecule has 0 saturated heterocycles. The lowest BCUT2D eigenvalue weighted by molar-refractivity contribution is 0.125. The number of carbonyl (C=O) groups excluding carboxylic acids is 1. The highest BCUT2D eigenvalue weighted by Crippen LogP contribution is 2.47. The molecule has 1 fully saturated rings. The molecule has 35 heavy (non-hydrogen) atoms. The molecule has 2 aliphatic rings. The summed E-state index contributed by atoms with van der Waals surface area (Å²) >= 11 is 1.36. The molecular weight excluding hydrogens is 464 g/mol. The first-order chi connectivity index (χ1) is 17.1. The minimum atomic E-state index is -0.950. The second-order valence-corrected chi connectivity index (χ2v) is 9.69. The molecule has 0 bridgehead atoms. The molecule has 0 spiro atoms. The number of anilines is 3. The van der Waals surface area contributed by atoms with Crippen molar-refractivity contribution in [2.45, 2.75) is 37.6 Å². The molecule has 3 aromatic heterocycles. The molecule has 1 saturated carbocycles. The Bertz CT molecular complexity index is 1380. The maximum atomic E-state index is 13.3. The predicted octanol–water partition coefficient (Wildman–Crippen LogP) is 4.63. The average Bonchev–Trinajstić information content (AvgIpc) is 3.44. The van der Waals surface area contributed by atoms with E-state index in [2.05, 4.69) is 20.6 Å². The van der Waals surface area contributed by atoms with E-state index in [9.17, 15) is 9.90 Å². The Morgan fingerprint density at radius 1 is 1.17 bits per heavy atom. The smallest absolute Gasteiger partial charge is 0.331 e. The molecule has 5 N–H and O–H groups in total. The zero-order valence-electron chi connectivity index (χ0n) is 18.7. The molecule has 1 aromatic carbocycles. The predicted molar refractivity (Wildman–Crippen MR) is 135 cm³/mol. The van der Waals surface area contributed by atoms with Crippen LogP contribution >= 0.6 is 11.3 Å². The topological polar surface area (TPSA) is 126 Å². The largest absolute Gasteiger partial charge is 0.439 e. The van der Waals surface area contributed by atoms with Crippen LogP contribution in [0.1, 0.15) is 30.4 Å². The number of hydrogen-bond acceptors (Lipinski definition) is 8. The number of nitrogens with zero attached hydrogens (tertiary/aromatic N) is 3. The van der Waals surface area contributed by atoms with Gasteiger partial charge in [-0.05, 0) is 37.1 Å². The molecule has 6 rings (SSSR count). The first-order valence-corrected chi connectivity index (χ1v) is 12.3. The number of urea groups is 1. The van der Waals surface area contributed by atoms with Gasteiger partial charge >= 0.3 is 6.03 Å². The first kappa shape index (κ1) is 21.9. The molecule has 4 aromatic rings. The minimum absolute atomic E-state index is 0.00972. The number of nitrogens with one attached hydrogen (secondary N) is 2. The van der Waals surface area contributed by atoms with Gasteiger partial charge < -0.3 is 20.9 Å². The molecule has 0 radical (unpaired) electrons. The van der Waals surface area contributed by atoms with E-state index in [0.29, 0.717) is 33.6 Å².